The minimum atomic E-state index is -0.825. The van der Waals surface area contributed by atoms with Crippen LogP contribution < -0.4 is 10.6 Å². The molecule has 0 unspecified atom stereocenters. The zero-order valence-corrected chi connectivity index (χ0v) is 13.2. The summed E-state index contributed by atoms with van der Waals surface area (Å²) in [5.41, 5.74) is 0.760. The molecule has 1 aliphatic rings. The van der Waals surface area contributed by atoms with E-state index in [9.17, 15) is 14.9 Å². The van der Waals surface area contributed by atoms with Gasteiger partial charge in [-0.2, -0.15) is 5.26 Å². The van der Waals surface area contributed by atoms with Gasteiger partial charge in [0.25, 0.3) is 5.91 Å². The Bertz CT molecular complexity index is 923. The molecular weight excluding hydrogens is 306 g/mol. The molecule has 1 heterocycles. The molecule has 0 fully saturated rings. The molecule has 2 N–H and O–H groups in total. The number of anilines is 2. The van der Waals surface area contributed by atoms with E-state index in [1.807, 2.05) is 36.4 Å². The van der Waals surface area contributed by atoms with Crippen molar-refractivity contribution in [2.75, 3.05) is 10.6 Å². The summed E-state index contributed by atoms with van der Waals surface area (Å²) in [7, 11) is 0. The van der Waals surface area contributed by atoms with Crippen LogP contribution in [0.1, 0.15) is 13.8 Å². The van der Waals surface area contributed by atoms with Crippen LogP contribution >= 0.6 is 0 Å². The molecule has 0 bridgehead atoms. The lowest BCUT2D eigenvalue weighted by Gasteiger charge is -2.22. The predicted molar refractivity (Wildman–Crippen MR) is 90.1 cm³/mol. The van der Waals surface area contributed by atoms with Crippen LogP contribution in [0.3, 0.4) is 0 Å². The Morgan fingerprint density at radius 3 is 2.25 bits per heavy atom. The number of nitriles is 1. The summed E-state index contributed by atoms with van der Waals surface area (Å²) >= 11 is 0. The van der Waals surface area contributed by atoms with Gasteiger partial charge in [-0.25, -0.2) is 4.79 Å². The monoisotopic (exact) mass is 321 g/mol. The number of carbonyl (C=O) groups is 2. The molecule has 2 aromatic carbocycles. The van der Waals surface area contributed by atoms with E-state index in [1.165, 1.54) is 0 Å². The Labute approximate surface area is 138 Å². The quantitative estimate of drug-likeness (QED) is 0.504. The molecule has 6 heteroatoms. The minimum Gasteiger partial charge on any atom is -0.459 e. The number of fused-ring (bicyclic) bond motifs is 2. The van der Waals surface area contributed by atoms with Crippen molar-refractivity contribution in [3.8, 4) is 6.07 Å². The molecular formula is C18H15N3O3. The van der Waals surface area contributed by atoms with Crippen molar-refractivity contribution in [3.63, 3.8) is 0 Å². The van der Waals surface area contributed by atoms with Crippen molar-refractivity contribution in [2.45, 2.75) is 20.0 Å². The fourth-order valence-corrected chi connectivity index (χ4v) is 2.48. The van der Waals surface area contributed by atoms with Gasteiger partial charge in [-0.15, -0.1) is 0 Å². The van der Waals surface area contributed by atoms with E-state index in [0.29, 0.717) is 11.4 Å². The van der Waals surface area contributed by atoms with Crippen LogP contribution in [0.4, 0.5) is 11.4 Å². The van der Waals surface area contributed by atoms with Crippen LogP contribution in [0.5, 0.6) is 0 Å². The number of nitrogens with one attached hydrogen (secondary N) is 2. The molecule has 0 atom stereocenters. The number of benzene rings is 2. The Hall–Kier alpha value is -3.33. The topological polar surface area (TPSA) is 91.2 Å². The van der Waals surface area contributed by atoms with Gasteiger partial charge in [0.15, 0.2) is 5.57 Å². The van der Waals surface area contributed by atoms with E-state index < -0.39 is 11.9 Å². The maximum Gasteiger partial charge on any atom is 0.351 e. The van der Waals surface area contributed by atoms with Crippen LogP contribution in [-0.4, -0.2) is 18.0 Å². The Morgan fingerprint density at radius 1 is 1.12 bits per heavy atom. The van der Waals surface area contributed by atoms with E-state index in [2.05, 4.69) is 10.6 Å². The number of amides is 1. The molecule has 0 spiro atoms. The molecule has 6 nitrogen and oxygen atoms in total. The Morgan fingerprint density at radius 2 is 1.71 bits per heavy atom. The molecule has 3 rings (SSSR count). The third-order valence-electron chi connectivity index (χ3n) is 3.53. The van der Waals surface area contributed by atoms with Gasteiger partial charge in [-0.1, -0.05) is 24.3 Å². The van der Waals surface area contributed by atoms with Crippen molar-refractivity contribution in [2.24, 2.45) is 0 Å². The highest BCUT2D eigenvalue weighted by atomic mass is 16.5. The standard InChI is InChI=1S/C18H15N3O3/c1-10(2)24-18(23)13(9-19)16-17(22)21-15-8-12-6-4-3-5-11(12)7-14(15)20-16/h3-8,10,20H,1-2H3,(H,21,22)/b16-13+. The number of rotatable bonds is 2. The summed E-state index contributed by atoms with van der Waals surface area (Å²) < 4.78 is 5.02. The number of esters is 1. The van der Waals surface area contributed by atoms with Gasteiger partial charge < -0.3 is 15.4 Å². The highest BCUT2D eigenvalue weighted by Gasteiger charge is 2.28. The van der Waals surface area contributed by atoms with Gasteiger partial charge >= 0.3 is 5.97 Å². The normalized spacial score (nSPS) is 15.2. The molecule has 2 aromatic rings. The Balaban J connectivity index is 2.06. The second-order valence-corrected chi connectivity index (χ2v) is 5.64. The first-order valence-electron chi connectivity index (χ1n) is 7.46. The SMILES string of the molecule is CC(C)OC(=O)/C(C#N)=C1/Nc2cc3ccccc3cc2NC1=O. The molecule has 1 aliphatic heterocycles. The van der Waals surface area contributed by atoms with Crippen molar-refractivity contribution in [1.82, 2.24) is 0 Å². The lowest BCUT2D eigenvalue weighted by Crippen LogP contribution is -2.29. The number of carbonyl (C=O) groups excluding carboxylic acids is 2. The lowest BCUT2D eigenvalue weighted by atomic mass is 10.1. The van der Waals surface area contributed by atoms with Crippen molar-refractivity contribution < 1.29 is 14.3 Å². The molecule has 0 radical (unpaired) electrons. The number of hydrogen-bond donors (Lipinski definition) is 2. The summed E-state index contributed by atoms with van der Waals surface area (Å²) in [4.78, 5) is 24.3. The van der Waals surface area contributed by atoms with Crippen molar-refractivity contribution in [3.05, 3.63) is 47.7 Å². The zero-order valence-electron chi connectivity index (χ0n) is 13.2. The largest absolute Gasteiger partial charge is 0.459 e. The average Bonchev–Trinajstić information content (AvgIpc) is 2.53. The first-order valence-corrected chi connectivity index (χ1v) is 7.46. The maximum absolute atomic E-state index is 12.3. The smallest absolute Gasteiger partial charge is 0.351 e. The third-order valence-corrected chi connectivity index (χ3v) is 3.53. The first kappa shape index (κ1) is 15.6. The lowest BCUT2D eigenvalue weighted by molar-refractivity contribution is -0.142. The van der Waals surface area contributed by atoms with E-state index in [1.54, 1.807) is 19.9 Å². The summed E-state index contributed by atoms with van der Waals surface area (Å²) in [6.07, 6.45) is -0.385. The summed E-state index contributed by atoms with van der Waals surface area (Å²) in [6, 6.07) is 13.1. The fraction of sp³-hybridized carbons (Fsp3) is 0.167. The molecule has 0 saturated carbocycles. The molecule has 24 heavy (non-hydrogen) atoms. The number of hydrogen-bond acceptors (Lipinski definition) is 5. The van der Waals surface area contributed by atoms with E-state index in [-0.39, 0.29) is 17.4 Å². The van der Waals surface area contributed by atoms with Crippen LogP contribution in [0.2, 0.25) is 0 Å². The number of nitrogens with zero attached hydrogens (tertiary/aromatic N) is 1. The highest BCUT2D eigenvalue weighted by molar-refractivity contribution is 6.17. The average molecular weight is 321 g/mol. The molecule has 0 saturated heterocycles. The fourth-order valence-electron chi connectivity index (χ4n) is 2.48. The number of ether oxygens (including phenoxy) is 1. The first-order chi connectivity index (χ1) is 11.5. The molecule has 120 valence electrons. The molecule has 1 amide bonds. The van der Waals surface area contributed by atoms with Gasteiger partial charge in [0.05, 0.1) is 17.5 Å². The minimum absolute atomic E-state index is 0.106. The van der Waals surface area contributed by atoms with Crippen LogP contribution in [0.15, 0.2) is 47.7 Å². The van der Waals surface area contributed by atoms with Gasteiger partial charge in [-0.3, -0.25) is 4.79 Å². The second kappa shape index (κ2) is 6.05. The summed E-state index contributed by atoms with van der Waals surface area (Å²) in [6.45, 7) is 3.35. The maximum atomic E-state index is 12.3. The summed E-state index contributed by atoms with van der Waals surface area (Å²) in [5.74, 6) is -1.37. The molecule has 0 aliphatic carbocycles. The van der Waals surface area contributed by atoms with Crippen molar-refractivity contribution >= 4 is 34.0 Å². The molecule has 0 aromatic heterocycles. The van der Waals surface area contributed by atoms with Crippen molar-refractivity contribution in [1.29, 1.82) is 5.26 Å². The van der Waals surface area contributed by atoms with E-state index >= 15 is 0 Å². The van der Waals surface area contributed by atoms with Crippen LogP contribution in [-0.2, 0) is 14.3 Å². The van der Waals surface area contributed by atoms with E-state index in [4.69, 9.17) is 4.74 Å². The zero-order chi connectivity index (χ0) is 17.3. The van der Waals surface area contributed by atoms with Gasteiger partial charge in [0, 0.05) is 0 Å². The summed E-state index contributed by atoms with van der Waals surface area (Å²) in [5, 5.41) is 16.8. The van der Waals surface area contributed by atoms with E-state index in [0.717, 1.165) is 10.8 Å². The Kier molecular flexibility index (Phi) is 3.92. The van der Waals surface area contributed by atoms with Gasteiger partial charge in [0.2, 0.25) is 0 Å². The van der Waals surface area contributed by atoms with Crippen LogP contribution in [0, 0.1) is 11.3 Å². The highest BCUT2D eigenvalue weighted by Crippen LogP contribution is 2.33. The predicted octanol–water partition coefficient (Wildman–Crippen LogP) is 2.93. The van der Waals surface area contributed by atoms with Gasteiger partial charge in [-0.05, 0) is 36.8 Å². The van der Waals surface area contributed by atoms with Crippen LogP contribution in [0.25, 0.3) is 10.8 Å². The second-order valence-electron chi connectivity index (χ2n) is 5.64. The third kappa shape index (κ3) is 2.79. The van der Waals surface area contributed by atoms with Gasteiger partial charge in [0.1, 0.15) is 11.8 Å².